The fourth-order valence-corrected chi connectivity index (χ4v) is 1.80. The van der Waals surface area contributed by atoms with Crippen molar-refractivity contribution in [1.82, 2.24) is 29.9 Å². The van der Waals surface area contributed by atoms with Gasteiger partial charge in [0.1, 0.15) is 0 Å². The molecule has 0 aliphatic carbocycles. The minimum Gasteiger partial charge on any atom is -0.344 e. The van der Waals surface area contributed by atoms with Crippen LogP contribution in [-0.4, -0.2) is 37.1 Å². The van der Waals surface area contributed by atoms with Gasteiger partial charge in [-0.15, -0.1) is 0 Å². The van der Waals surface area contributed by atoms with Crippen LogP contribution in [-0.2, 0) is 4.79 Å². The number of aromatic nitrogens is 5. The summed E-state index contributed by atoms with van der Waals surface area (Å²) in [5.74, 6) is -0.0856. The Morgan fingerprint density at radius 2 is 2.24 bits per heavy atom. The number of nitrogens with two attached hydrogens (primary N) is 1. The molecule has 8 heteroatoms. The predicted octanol–water partition coefficient (Wildman–Crippen LogP) is 0.467. The Bertz CT molecular complexity index is 717. The minimum absolute atomic E-state index is 0.0856. The number of aromatic amines is 1. The van der Waals surface area contributed by atoms with Gasteiger partial charge in [-0.2, -0.15) is 5.10 Å². The van der Waals surface area contributed by atoms with E-state index in [4.69, 9.17) is 5.73 Å². The van der Waals surface area contributed by atoms with Crippen LogP contribution in [0.5, 0.6) is 0 Å². The van der Waals surface area contributed by atoms with Gasteiger partial charge in [0, 0.05) is 31.1 Å². The number of rotatable bonds is 2. The number of amides is 1. The van der Waals surface area contributed by atoms with Gasteiger partial charge in [-0.25, -0.2) is 4.98 Å². The van der Waals surface area contributed by atoms with Gasteiger partial charge in [0.15, 0.2) is 5.65 Å². The zero-order valence-electron chi connectivity index (χ0n) is 11.9. The summed E-state index contributed by atoms with van der Waals surface area (Å²) < 4.78 is 2.01. The van der Waals surface area contributed by atoms with E-state index in [-0.39, 0.29) is 12.6 Å². The third-order valence-corrected chi connectivity index (χ3v) is 2.75. The molecule has 0 aliphatic rings. The van der Waals surface area contributed by atoms with E-state index >= 15 is 0 Å². The molecule has 3 rings (SSSR count). The summed E-state index contributed by atoms with van der Waals surface area (Å²) >= 11 is 0. The number of hydrogen-bond donors (Lipinski definition) is 3. The van der Waals surface area contributed by atoms with Crippen LogP contribution >= 0.6 is 0 Å². The summed E-state index contributed by atoms with van der Waals surface area (Å²) in [6.45, 7) is 3.60. The second-order valence-electron chi connectivity index (χ2n) is 4.27. The van der Waals surface area contributed by atoms with Gasteiger partial charge in [0.25, 0.3) is 0 Å². The molecule has 3 aromatic heterocycles. The minimum atomic E-state index is -0.0856. The van der Waals surface area contributed by atoms with E-state index in [2.05, 4.69) is 25.5 Å². The first-order valence-corrected chi connectivity index (χ1v) is 6.35. The van der Waals surface area contributed by atoms with E-state index in [9.17, 15) is 4.79 Å². The number of hydrogen-bond acceptors (Lipinski definition) is 5. The lowest BCUT2D eigenvalue weighted by atomic mass is 10.3. The van der Waals surface area contributed by atoms with Gasteiger partial charge in [0.2, 0.25) is 5.91 Å². The fourth-order valence-electron chi connectivity index (χ4n) is 1.80. The topological polar surface area (TPSA) is 114 Å². The van der Waals surface area contributed by atoms with Crippen LogP contribution in [0.4, 0.5) is 0 Å². The smallest absolute Gasteiger partial charge is 0.217 e. The second kappa shape index (κ2) is 6.62. The molecule has 0 saturated carbocycles. The van der Waals surface area contributed by atoms with Crippen molar-refractivity contribution in [2.45, 2.75) is 13.8 Å². The number of nitrogens with zero attached hydrogens (tertiary/aromatic N) is 4. The fraction of sp³-hybridized carbons (Fsp3) is 0.231. The van der Waals surface area contributed by atoms with Gasteiger partial charge in [-0.1, -0.05) is 0 Å². The Kier molecular flexibility index (Phi) is 4.62. The third kappa shape index (κ3) is 3.42. The van der Waals surface area contributed by atoms with Crippen LogP contribution in [0.15, 0.2) is 31.0 Å². The lowest BCUT2D eigenvalue weighted by molar-refractivity contribution is -0.118. The van der Waals surface area contributed by atoms with Crippen LogP contribution in [0.2, 0.25) is 0 Å². The molecule has 3 aromatic rings. The summed E-state index contributed by atoms with van der Waals surface area (Å²) in [6, 6.07) is 0. The third-order valence-electron chi connectivity index (χ3n) is 2.75. The average molecular weight is 287 g/mol. The standard InChI is InChI=1S/C10H9N5.C3H8N2O/c1-7-10-12-6-9(8-4-13-14-5-8)15(10)3-2-11-7;1-3(6)5-2-4/h2-6H,1H3,(H,13,14);2,4H2,1H3,(H,5,6). The van der Waals surface area contributed by atoms with Gasteiger partial charge in [0.05, 0.1) is 30.5 Å². The summed E-state index contributed by atoms with van der Waals surface area (Å²) in [5, 5.41) is 9.06. The molecule has 8 nitrogen and oxygen atoms in total. The second-order valence-corrected chi connectivity index (χ2v) is 4.27. The Labute approximate surface area is 121 Å². The molecule has 0 bridgehead atoms. The van der Waals surface area contributed by atoms with Crippen LogP contribution in [0.3, 0.4) is 0 Å². The molecule has 0 atom stereocenters. The molecule has 110 valence electrons. The van der Waals surface area contributed by atoms with Crippen LogP contribution in [0, 0.1) is 6.92 Å². The Balaban J connectivity index is 0.000000232. The highest BCUT2D eigenvalue weighted by atomic mass is 16.1. The first kappa shape index (κ1) is 14.7. The lowest BCUT2D eigenvalue weighted by Gasteiger charge is -1.99. The van der Waals surface area contributed by atoms with Gasteiger partial charge < -0.3 is 11.1 Å². The number of fused-ring (bicyclic) bond motifs is 1. The Morgan fingerprint density at radius 3 is 2.81 bits per heavy atom. The van der Waals surface area contributed by atoms with Crippen molar-refractivity contribution in [1.29, 1.82) is 0 Å². The van der Waals surface area contributed by atoms with Crippen molar-refractivity contribution < 1.29 is 4.79 Å². The maximum Gasteiger partial charge on any atom is 0.217 e. The van der Waals surface area contributed by atoms with E-state index < -0.39 is 0 Å². The highest BCUT2D eigenvalue weighted by Gasteiger charge is 2.07. The van der Waals surface area contributed by atoms with Crippen LogP contribution in [0.25, 0.3) is 16.9 Å². The van der Waals surface area contributed by atoms with E-state index in [1.54, 1.807) is 12.4 Å². The number of H-pyrrole nitrogens is 1. The predicted molar refractivity (Wildman–Crippen MR) is 78.2 cm³/mol. The Hall–Kier alpha value is -2.74. The molecule has 0 aromatic carbocycles. The van der Waals surface area contributed by atoms with E-state index in [0.29, 0.717) is 0 Å². The molecule has 4 N–H and O–H groups in total. The van der Waals surface area contributed by atoms with Crippen molar-refractivity contribution >= 4 is 11.6 Å². The Morgan fingerprint density at radius 1 is 1.43 bits per heavy atom. The number of aryl methyl sites for hydroxylation is 1. The van der Waals surface area contributed by atoms with E-state index in [1.807, 2.05) is 29.9 Å². The lowest BCUT2D eigenvalue weighted by Crippen LogP contribution is -2.26. The van der Waals surface area contributed by atoms with Crippen LogP contribution in [0.1, 0.15) is 12.6 Å². The molecule has 0 unspecified atom stereocenters. The number of carbonyl (C=O) groups is 1. The van der Waals surface area contributed by atoms with Crippen molar-refractivity contribution in [3.05, 3.63) is 36.7 Å². The summed E-state index contributed by atoms with van der Waals surface area (Å²) in [6.07, 6.45) is 9.12. The number of imidazole rings is 1. The largest absolute Gasteiger partial charge is 0.344 e. The molecule has 21 heavy (non-hydrogen) atoms. The van der Waals surface area contributed by atoms with E-state index in [1.165, 1.54) is 6.92 Å². The molecule has 3 heterocycles. The maximum atomic E-state index is 9.85. The highest BCUT2D eigenvalue weighted by Crippen LogP contribution is 2.19. The summed E-state index contributed by atoms with van der Waals surface area (Å²) in [7, 11) is 0. The monoisotopic (exact) mass is 287 g/mol. The van der Waals surface area contributed by atoms with Gasteiger partial charge >= 0.3 is 0 Å². The zero-order valence-corrected chi connectivity index (χ0v) is 11.9. The maximum absolute atomic E-state index is 9.85. The zero-order chi connectivity index (χ0) is 15.2. The number of nitrogens with one attached hydrogen (secondary N) is 2. The SMILES string of the molecule is CC(=O)NCN.Cc1nccn2c(-c3cn[nH]c3)cnc12. The molecule has 0 saturated heterocycles. The quantitative estimate of drug-likeness (QED) is 0.593. The first-order chi connectivity index (χ1) is 10.1. The number of carbonyl (C=O) groups excluding carboxylic acids is 1. The van der Waals surface area contributed by atoms with Gasteiger partial charge in [-0.05, 0) is 6.92 Å². The van der Waals surface area contributed by atoms with E-state index in [0.717, 1.165) is 22.6 Å². The average Bonchev–Trinajstić information content (AvgIpc) is 3.08. The first-order valence-electron chi connectivity index (χ1n) is 6.35. The molecule has 0 fully saturated rings. The molecular formula is C13H17N7O. The molecule has 1 amide bonds. The van der Waals surface area contributed by atoms with Crippen molar-refractivity contribution in [2.24, 2.45) is 5.73 Å². The van der Waals surface area contributed by atoms with Crippen molar-refractivity contribution in [3.63, 3.8) is 0 Å². The molecular weight excluding hydrogens is 270 g/mol. The summed E-state index contributed by atoms with van der Waals surface area (Å²) in [5.41, 5.74) is 8.74. The molecule has 0 spiro atoms. The summed E-state index contributed by atoms with van der Waals surface area (Å²) in [4.78, 5) is 18.4. The molecule has 0 radical (unpaired) electrons. The van der Waals surface area contributed by atoms with Gasteiger partial charge in [-0.3, -0.25) is 19.3 Å². The van der Waals surface area contributed by atoms with Crippen LogP contribution < -0.4 is 11.1 Å². The van der Waals surface area contributed by atoms with Crippen molar-refractivity contribution in [3.8, 4) is 11.3 Å². The van der Waals surface area contributed by atoms with Crippen molar-refractivity contribution in [2.75, 3.05) is 6.67 Å². The normalized spacial score (nSPS) is 10.0. The highest BCUT2D eigenvalue weighted by molar-refractivity contribution is 5.72. The molecule has 0 aliphatic heterocycles.